The van der Waals surface area contributed by atoms with Crippen LogP contribution in [0.3, 0.4) is 0 Å². The second-order valence-electron chi connectivity index (χ2n) is 7.15. The van der Waals surface area contributed by atoms with E-state index in [0.29, 0.717) is 22.6 Å². The van der Waals surface area contributed by atoms with Crippen molar-refractivity contribution in [1.82, 2.24) is 4.98 Å². The van der Waals surface area contributed by atoms with Crippen molar-refractivity contribution < 1.29 is 9.53 Å². The summed E-state index contributed by atoms with van der Waals surface area (Å²) in [7, 11) is 0. The van der Waals surface area contributed by atoms with Gasteiger partial charge >= 0.3 is 0 Å². The zero-order valence-electron chi connectivity index (χ0n) is 16.0. The Morgan fingerprint density at radius 2 is 1.70 bits per heavy atom. The van der Waals surface area contributed by atoms with Gasteiger partial charge in [-0.2, -0.15) is 0 Å². The van der Waals surface area contributed by atoms with Gasteiger partial charge in [-0.25, -0.2) is 4.98 Å². The number of aromatic nitrogens is 1. The third kappa shape index (κ3) is 2.93. The van der Waals surface area contributed by atoms with Crippen LogP contribution >= 0.6 is 0 Å². The van der Waals surface area contributed by atoms with Gasteiger partial charge in [-0.3, -0.25) is 4.79 Å². The van der Waals surface area contributed by atoms with E-state index >= 15 is 0 Å². The Kier molecular flexibility index (Phi) is 4.53. The normalized spacial score (nSPS) is 13.6. The number of ether oxygens (including phenoxy) is 1. The van der Waals surface area contributed by atoms with Crippen LogP contribution in [0.2, 0.25) is 0 Å². The van der Waals surface area contributed by atoms with Crippen molar-refractivity contribution in [2.24, 2.45) is 0 Å². The zero-order valence-corrected chi connectivity index (χ0v) is 16.0. The average Bonchev–Trinajstić information content (AvgIpc) is 2.93. The molecule has 3 nitrogen and oxygen atoms in total. The number of carbonyl (C=O) groups is 1. The van der Waals surface area contributed by atoms with Gasteiger partial charge in [0.2, 0.25) is 0 Å². The molecule has 1 heterocycles. The number of ketones is 1. The van der Waals surface area contributed by atoms with E-state index in [1.54, 1.807) is 0 Å². The number of allylic oxidation sites excluding steroid dienone is 1. The first kappa shape index (κ1) is 17.5. The molecule has 1 aliphatic rings. The number of hydrogen-bond donors (Lipinski definition) is 0. The third-order valence-corrected chi connectivity index (χ3v) is 4.81. The number of Topliss-reactive ketones (excluding diaryl/α,β-unsaturated/α-hetero) is 1. The highest BCUT2D eigenvalue weighted by Gasteiger charge is 2.36. The molecule has 3 heteroatoms. The van der Waals surface area contributed by atoms with E-state index in [4.69, 9.17) is 9.72 Å². The predicted molar refractivity (Wildman–Crippen MR) is 110 cm³/mol. The van der Waals surface area contributed by atoms with Gasteiger partial charge in [-0.15, -0.1) is 0 Å². The van der Waals surface area contributed by atoms with Crippen LogP contribution in [-0.4, -0.2) is 16.9 Å². The van der Waals surface area contributed by atoms with Gasteiger partial charge in [0.25, 0.3) is 0 Å². The molecule has 0 aliphatic heterocycles. The topological polar surface area (TPSA) is 39.2 Å². The summed E-state index contributed by atoms with van der Waals surface area (Å²) in [4.78, 5) is 18.4. The Balaban J connectivity index is 2.04. The molecule has 0 saturated carbocycles. The highest BCUT2D eigenvalue weighted by molar-refractivity contribution is 6.39. The van der Waals surface area contributed by atoms with Crippen LogP contribution in [0.4, 0.5) is 0 Å². The molecule has 0 amide bonds. The molecule has 0 radical (unpaired) electrons. The van der Waals surface area contributed by atoms with Crippen LogP contribution in [0.25, 0.3) is 22.2 Å². The largest absolute Gasteiger partial charge is 0.488 e. The first-order valence-electron chi connectivity index (χ1n) is 9.54. The maximum atomic E-state index is 13.6. The minimum Gasteiger partial charge on any atom is -0.488 e. The fourth-order valence-electron chi connectivity index (χ4n) is 3.76. The van der Waals surface area contributed by atoms with Gasteiger partial charge in [-0.1, -0.05) is 61.9 Å². The van der Waals surface area contributed by atoms with Crippen molar-refractivity contribution in [3.8, 4) is 0 Å². The lowest BCUT2D eigenvalue weighted by atomic mass is 9.94. The number of fused-ring (bicyclic) bond motifs is 2. The SMILES string of the molecule is CCCc1c2c(nc3ccccc13)C(OC(C)C)=C(c1ccccc1)C2=O. The molecular weight excluding hydrogens is 334 g/mol. The lowest BCUT2D eigenvalue weighted by molar-refractivity contribution is 0.105. The molecule has 0 unspecified atom stereocenters. The zero-order chi connectivity index (χ0) is 19.0. The molecule has 136 valence electrons. The number of pyridine rings is 1. The lowest BCUT2D eigenvalue weighted by Gasteiger charge is -2.15. The molecular formula is C24H23NO2. The Labute approximate surface area is 159 Å². The summed E-state index contributed by atoms with van der Waals surface area (Å²) in [5.41, 5.74) is 4.90. The summed E-state index contributed by atoms with van der Waals surface area (Å²) < 4.78 is 6.15. The van der Waals surface area contributed by atoms with Gasteiger partial charge in [0.1, 0.15) is 5.69 Å². The quantitative estimate of drug-likeness (QED) is 0.590. The summed E-state index contributed by atoms with van der Waals surface area (Å²) in [6.45, 7) is 6.09. The summed E-state index contributed by atoms with van der Waals surface area (Å²) in [5.74, 6) is 0.632. The summed E-state index contributed by atoms with van der Waals surface area (Å²) in [6.07, 6.45) is 1.77. The van der Waals surface area contributed by atoms with E-state index in [1.165, 1.54) is 0 Å². The van der Waals surface area contributed by atoms with Crippen LogP contribution in [0.15, 0.2) is 54.6 Å². The van der Waals surface area contributed by atoms with Crippen molar-refractivity contribution in [3.05, 3.63) is 77.0 Å². The number of nitrogens with zero attached hydrogens (tertiary/aromatic N) is 1. The van der Waals surface area contributed by atoms with E-state index in [0.717, 1.165) is 34.9 Å². The first-order valence-corrected chi connectivity index (χ1v) is 9.54. The van der Waals surface area contributed by atoms with Crippen LogP contribution < -0.4 is 0 Å². The van der Waals surface area contributed by atoms with Crippen LogP contribution in [-0.2, 0) is 11.2 Å². The Hall–Kier alpha value is -2.94. The van der Waals surface area contributed by atoms with Gasteiger partial charge in [-0.05, 0) is 37.5 Å². The lowest BCUT2D eigenvalue weighted by Crippen LogP contribution is -2.06. The Bertz CT molecular complexity index is 1050. The highest BCUT2D eigenvalue weighted by atomic mass is 16.5. The monoisotopic (exact) mass is 357 g/mol. The van der Waals surface area contributed by atoms with Crippen LogP contribution in [0, 0.1) is 0 Å². The standard InChI is InChI=1S/C24H23NO2/c1-4-10-18-17-13-8-9-14-19(17)25-22-21(18)23(26)20(24(22)27-15(2)3)16-11-6-5-7-12-16/h5-9,11-15H,4,10H2,1-3H3. The minimum absolute atomic E-state index is 0.0218. The van der Waals surface area contributed by atoms with E-state index in [-0.39, 0.29) is 11.9 Å². The van der Waals surface area contributed by atoms with E-state index in [2.05, 4.69) is 13.0 Å². The number of benzene rings is 2. The molecule has 0 fully saturated rings. The number of hydrogen-bond acceptors (Lipinski definition) is 3. The third-order valence-electron chi connectivity index (χ3n) is 4.81. The van der Waals surface area contributed by atoms with Crippen molar-refractivity contribution in [3.63, 3.8) is 0 Å². The van der Waals surface area contributed by atoms with E-state index in [1.807, 2.05) is 62.4 Å². The molecule has 2 aromatic carbocycles. The van der Waals surface area contributed by atoms with E-state index < -0.39 is 0 Å². The van der Waals surface area contributed by atoms with Crippen LogP contribution in [0.1, 0.15) is 54.4 Å². The number of carbonyl (C=O) groups excluding carboxylic acids is 1. The van der Waals surface area contributed by atoms with Crippen molar-refractivity contribution in [2.45, 2.75) is 39.7 Å². The molecule has 0 N–H and O–H groups in total. The molecule has 1 aliphatic carbocycles. The second-order valence-corrected chi connectivity index (χ2v) is 7.15. The summed E-state index contributed by atoms with van der Waals surface area (Å²) in [6, 6.07) is 17.8. The maximum Gasteiger partial charge on any atom is 0.200 e. The van der Waals surface area contributed by atoms with Crippen LogP contribution in [0.5, 0.6) is 0 Å². The van der Waals surface area contributed by atoms with Gasteiger partial charge in [0, 0.05) is 5.39 Å². The summed E-state index contributed by atoms with van der Waals surface area (Å²) in [5, 5.41) is 1.06. The minimum atomic E-state index is -0.0413. The first-order chi connectivity index (χ1) is 13.1. The molecule has 0 atom stereocenters. The molecule has 27 heavy (non-hydrogen) atoms. The smallest absolute Gasteiger partial charge is 0.200 e. The molecule has 0 spiro atoms. The van der Waals surface area contributed by atoms with E-state index in [9.17, 15) is 4.79 Å². The Morgan fingerprint density at radius 1 is 1.00 bits per heavy atom. The predicted octanol–water partition coefficient (Wildman–Crippen LogP) is 5.68. The number of rotatable bonds is 5. The summed E-state index contributed by atoms with van der Waals surface area (Å²) >= 11 is 0. The maximum absolute atomic E-state index is 13.6. The average molecular weight is 357 g/mol. The number of aryl methyl sites for hydroxylation is 1. The molecule has 1 aromatic heterocycles. The van der Waals surface area contributed by atoms with Crippen molar-refractivity contribution in [2.75, 3.05) is 0 Å². The highest BCUT2D eigenvalue weighted by Crippen LogP contribution is 2.42. The fraction of sp³-hybridized carbons (Fsp3) is 0.250. The van der Waals surface area contributed by atoms with Crippen molar-refractivity contribution >= 4 is 28.0 Å². The van der Waals surface area contributed by atoms with Gasteiger partial charge in [0.15, 0.2) is 11.5 Å². The number of para-hydroxylation sites is 1. The Morgan fingerprint density at radius 3 is 2.41 bits per heavy atom. The van der Waals surface area contributed by atoms with Gasteiger partial charge < -0.3 is 4.74 Å². The molecule has 4 rings (SSSR count). The molecule has 0 saturated heterocycles. The van der Waals surface area contributed by atoms with Gasteiger partial charge in [0.05, 0.1) is 22.8 Å². The molecule has 0 bridgehead atoms. The van der Waals surface area contributed by atoms with Crippen molar-refractivity contribution in [1.29, 1.82) is 0 Å². The fourth-order valence-corrected chi connectivity index (χ4v) is 3.76. The second kappa shape index (κ2) is 6.99. The molecule has 3 aromatic rings.